The number of nitrogens with zero attached hydrogens (tertiary/aromatic N) is 1. The number of nitrogens with one attached hydrogen (secondary N) is 1. The predicted molar refractivity (Wildman–Crippen MR) is 57.0 cm³/mol. The molecule has 0 saturated heterocycles. The van der Waals surface area contributed by atoms with Crippen molar-refractivity contribution in [3.63, 3.8) is 0 Å². The molecule has 78 valence electrons. The average molecular weight is 194 g/mol. The smallest absolute Gasteiger partial charge is 0.0541 e. The first kappa shape index (κ1) is 11.1. The van der Waals surface area contributed by atoms with Crippen LogP contribution in [0.25, 0.3) is 0 Å². The fourth-order valence-corrected chi connectivity index (χ4v) is 1.18. The predicted octanol–water partition coefficient (Wildman–Crippen LogP) is 1.60. The monoisotopic (exact) mass is 194 g/mol. The largest absolute Gasteiger partial charge is 0.385 e. The Morgan fingerprint density at radius 1 is 1.50 bits per heavy atom. The van der Waals surface area contributed by atoms with Crippen LogP contribution in [0.3, 0.4) is 0 Å². The minimum Gasteiger partial charge on any atom is -0.385 e. The van der Waals surface area contributed by atoms with Crippen molar-refractivity contribution in [1.82, 2.24) is 10.3 Å². The molecule has 3 heteroatoms. The van der Waals surface area contributed by atoms with Crippen molar-refractivity contribution in [1.29, 1.82) is 0 Å². The summed E-state index contributed by atoms with van der Waals surface area (Å²) < 4.78 is 5.01. The SMILES string of the molecule is COCCC(C)NCc1ccccn1. The summed E-state index contributed by atoms with van der Waals surface area (Å²) in [7, 11) is 1.73. The molecule has 1 unspecified atom stereocenters. The van der Waals surface area contributed by atoms with Gasteiger partial charge in [0.15, 0.2) is 0 Å². The topological polar surface area (TPSA) is 34.1 Å². The maximum absolute atomic E-state index is 5.01. The van der Waals surface area contributed by atoms with E-state index in [2.05, 4.69) is 17.2 Å². The Hall–Kier alpha value is -0.930. The highest BCUT2D eigenvalue weighted by molar-refractivity contribution is 5.02. The van der Waals surface area contributed by atoms with Crippen LogP contribution in [0.1, 0.15) is 19.0 Å². The third kappa shape index (κ3) is 4.35. The zero-order valence-corrected chi connectivity index (χ0v) is 8.86. The van der Waals surface area contributed by atoms with Crippen LogP contribution >= 0.6 is 0 Å². The van der Waals surface area contributed by atoms with Crippen LogP contribution in [-0.4, -0.2) is 24.7 Å². The summed E-state index contributed by atoms with van der Waals surface area (Å²) in [5.74, 6) is 0. The number of pyridine rings is 1. The molecule has 0 radical (unpaired) electrons. The Bertz CT molecular complexity index is 238. The van der Waals surface area contributed by atoms with E-state index in [4.69, 9.17) is 4.74 Å². The van der Waals surface area contributed by atoms with Crippen LogP contribution in [0.15, 0.2) is 24.4 Å². The van der Waals surface area contributed by atoms with Crippen LogP contribution in [0.5, 0.6) is 0 Å². The molecule has 0 amide bonds. The quantitative estimate of drug-likeness (QED) is 0.747. The molecule has 0 aliphatic heterocycles. The first-order valence-corrected chi connectivity index (χ1v) is 4.95. The highest BCUT2D eigenvalue weighted by atomic mass is 16.5. The van der Waals surface area contributed by atoms with Gasteiger partial charge < -0.3 is 10.1 Å². The number of aromatic nitrogens is 1. The minimum absolute atomic E-state index is 0.469. The van der Waals surface area contributed by atoms with Gasteiger partial charge >= 0.3 is 0 Å². The molecule has 14 heavy (non-hydrogen) atoms. The fourth-order valence-electron chi connectivity index (χ4n) is 1.18. The van der Waals surface area contributed by atoms with E-state index in [0.29, 0.717) is 6.04 Å². The zero-order valence-electron chi connectivity index (χ0n) is 8.86. The highest BCUT2D eigenvalue weighted by Gasteiger charge is 2.00. The number of rotatable bonds is 6. The first-order chi connectivity index (χ1) is 6.83. The van der Waals surface area contributed by atoms with Gasteiger partial charge in [-0.1, -0.05) is 6.07 Å². The molecule has 0 aliphatic rings. The molecule has 1 heterocycles. The highest BCUT2D eigenvalue weighted by Crippen LogP contribution is 1.96. The molecule has 0 spiro atoms. The molecule has 1 aromatic rings. The van der Waals surface area contributed by atoms with Crippen molar-refractivity contribution < 1.29 is 4.74 Å². The molecular formula is C11H18N2O. The van der Waals surface area contributed by atoms with Gasteiger partial charge in [0.1, 0.15) is 0 Å². The third-order valence-electron chi connectivity index (χ3n) is 2.11. The second-order valence-electron chi connectivity index (χ2n) is 3.38. The molecular weight excluding hydrogens is 176 g/mol. The van der Waals surface area contributed by atoms with Crippen molar-refractivity contribution >= 4 is 0 Å². The lowest BCUT2D eigenvalue weighted by Gasteiger charge is -2.12. The number of hydrogen-bond acceptors (Lipinski definition) is 3. The van der Waals surface area contributed by atoms with E-state index >= 15 is 0 Å². The van der Waals surface area contributed by atoms with Crippen molar-refractivity contribution in [3.05, 3.63) is 30.1 Å². The summed E-state index contributed by atoms with van der Waals surface area (Å²) in [5.41, 5.74) is 1.08. The van der Waals surface area contributed by atoms with Crippen LogP contribution < -0.4 is 5.32 Å². The van der Waals surface area contributed by atoms with Crippen molar-refractivity contribution in [2.75, 3.05) is 13.7 Å². The van der Waals surface area contributed by atoms with Crippen molar-refractivity contribution in [3.8, 4) is 0 Å². The first-order valence-electron chi connectivity index (χ1n) is 4.95. The molecule has 0 saturated carbocycles. The summed E-state index contributed by atoms with van der Waals surface area (Å²) in [6.45, 7) is 3.78. The van der Waals surface area contributed by atoms with E-state index in [1.54, 1.807) is 7.11 Å². The average Bonchev–Trinajstić information content (AvgIpc) is 2.25. The molecule has 0 aliphatic carbocycles. The lowest BCUT2D eigenvalue weighted by Crippen LogP contribution is -2.26. The maximum Gasteiger partial charge on any atom is 0.0541 e. The van der Waals surface area contributed by atoms with Crippen LogP contribution in [0.4, 0.5) is 0 Å². The molecule has 1 N–H and O–H groups in total. The van der Waals surface area contributed by atoms with Gasteiger partial charge in [-0.25, -0.2) is 0 Å². The lowest BCUT2D eigenvalue weighted by molar-refractivity contribution is 0.184. The Kier molecular flexibility index (Phi) is 5.19. The van der Waals surface area contributed by atoms with Gasteiger partial charge in [0.25, 0.3) is 0 Å². The van der Waals surface area contributed by atoms with Gasteiger partial charge in [0.05, 0.1) is 5.69 Å². The minimum atomic E-state index is 0.469. The standard InChI is InChI=1S/C11H18N2O/c1-10(6-8-14-2)13-9-11-5-3-4-7-12-11/h3-5,7,10,13H,6,8-9H2,1-2H3. The summed E-state index contributed by atoms with van der Waals surface area (Å²) in [5, 5.41) is 3.39. The normalized spacial score (nSPS) is 12.7. The van der Waals surface area contributed by atoms with Gasteiger partial charge in [-0.3, -0.25) is 4.98 Å². The number of hydrogen-bond donors (Lipinski definition) is 1. The summed E-state index contributed by atoms with van der Waals surface area (Å²) in [6.07, 6.45) is 2.85. The van der Waals surface area contributed by atoms with E-state index in [1.165, 1.54) is 0 Å². The van der Waals surface area contributed by atoms with Gasteiger partial charge in [-0.05, 0) is 25.5 Å². The molecule has 0 bridgehead atoms. The van der Waals surface area contributed by atoms with Crippen molar-refractivity contribution in [2.45, 2.75) is 25.9 Å². The Labute approximate surface area is 85.5 Å². The summed E-state index contributed by atoms with van der Waals surface area (Å²) in [4.78, 5) is 4.24. The van der Waals surface area contributed by atoms with E-state index in [9.17, 15) is 0 Å². The second-order valence-corrected chi connectivity index (χ2v) is 3.38. The van der Waals surface area contributed by atoms with E-state index in [1.807, 2.05) is 24.4 Å². The number of ether oxygens (including phenoxy) is 1. The molecule has 0 fully saturated rings. The summed E-state index contributed by atoms with van der Waals surface area (Å²) in [6, 6.07) is 6.43. The molecule has 3 nitrogen and oxygen atoms in total. The lowest BCUT2D eigenvalue weighted by atomic mass is 10.2. The Balaban J connectivity index is 2.20. The second kappa shape index (κ2) is 6.51. The number of methoxy groups -OCH3 is 1. The van der Waals surface area contributed by atoms with E-state index in [-0.39, 0.29) is 0 Å². The van der Waals surface area contributed by atoms with Gasteiger partial charge in [0.2, 0.25) is 0 Å². The van der Waals surface area contributed by atoms with E-state index < -0.39 is 0 Å². The summed E-state index contributed by atoms with van der Waals surface area (Å²) >= 11 is 0. The van der Waals surface area contributed by atoms with Crippen LogP contribution in [0.2, 0.25) is 0 Å². The van der Waals surface area contributed by atoms with Crippen LogP contribution in [-0.2, 0) is 11.3 Å². The van der Waals surface area contributed by atoms with E-state index in [0.717, 1.165) is 25.3 Å². The van der Waals surface area contributed by atoms with Gasteiger partial charge in [-0.15, -0.1) is 0 Å². The van der Waals surface area contributed by atoms with Gasteiger partial charge in [0, 0.05) is 32.5 Å². The fraction of sp³-hybridized carbons (Fsp3) is 0.545. The molecule has 0 aromatic carbocycles. The third-order valence-corrected chi connectivity index (χ3v) is 2.11. The Morgan fingerprint density at radius 3 is 3.00 bits per heavy atom. The van der Waals surface area contributed by atoms with Crippen molar-refractivity contribution in [2.24, 2.45) is 0 Å². The molecule has 1 atom stereocenters. The van der Waals surface area contributed by atoms with Crippen LogP contribution in [0, 0.1) is 0 Å². The molecule has 1 aromatic heterocycles. The Morgan fingerprint density at radius 2 is 2.36 bits per heavy atom. The molecule has 1 rings (SSSR count). The maximum atomic E-state index is 5.01. The van der Waals surface area contributed by atoms with Gasteiger partial charge in [-0.2, -0.15) is 0 Å². The zero-order chi connectivity index (χ0) is 10.2.